The molecule has 0 saturated carbocycles. The minimum atomic E-state index is 1.10. The number of rotatable bonds is 2. The number of aromatic nitrogens is 2. The van der Waals surface area contributed by atoms with Gasteiger partial charge in [-0.05, 0) is 65.7 Å². The van der Waals surface area contributed by atoms with E-state index in [2.05, 4.69) is 152 Å². The molecule has 0 N–H and O–H groups in total. The molecule has 0 aliphatic carbocycles. The SMILES string of the molecule is Brc1ccc2c3cccc4c5cc(-c6ccc7c(c6)c6ccccc6n7-c6ccccc6)ccc5n(c2c1)c43. The van der Waals surface area contributed by atoms with Gasteiger partial charge in [0.2, 0.25) is 0 Å². The van der Waals surface area contributed by atoms with Gasteiger partial charge in [0, 0.05) is 42.5 Å². The van der Waals surface area contributed by atoms with Crippen LogP contribution >= 0.6 is 15.9 Å². The third kappa shape index (κ3) is 2.85. The van der Waals surface area contributed by atoms with Gasteiger partial charge in [-0.15, -0.1) is 0 Å². The Balaban J connectivity index is 1.31. The Bertz CT molecular complexity index is 2390. The summed E-state index contributed by atoms with van der Waals surface area (Å²) in [6.45, 7) is 0. The van der Waals surface area contributed by atoms with E-state index in [0.717, 1.165) is 4.47 Å². The van der Waals surface area contributed by atoms with E-state index >= 15 is 0 Å². The minimum absolute atomic E-state index is 1.10. The minimum Gasteiger partial charge on any atom is -0.309 e. The molecule has 39 heavy (non-hydrogen) atoms. The molecule has 3 heterocycles. The second kappa shape index (κ2) is 7.72. The van der Waals surface area contributed by atoms with Gasteiger partial charge in [-0.2, -0.15) is 0 Å². The predicted octanol–water partition coefficient (Wildman–Crippen LogP) is 10.4. The molecule has 0 fully saturated rings. The summed E-state index contributed by atoms with van der Waals surface area (Å²) in [5, 5.41) is 7.75. The van der Waals surface area contributed by atoms with E-state index in [-0.39, 0.29) is 0 Å². The van der Waals surface area contributed by atoms with E-state index < -0.39 is 0 Å². The Labute approximate surface area is 232 Å². The monoisotopic (exact) mass is 560 g/mol. The van der Waals surface area contributed by atoms with Gasteiger partial charge in [0.05, 0.1) is 27.6 Å². The van der Waals surface area contributed by atoms with Crippen molar-refractivity contribution in [3.63, 3.8) is 0 Å². The molecule has 9 aromatic rings. The molecule has 3 heteroatoms. The number of hydrogen-bond donors (Lipinski definition) is 0. The lowest BCUT2D eigenvalue weighted by molar-refractivity contribution is 1.18. The van der Waals surface area contributed by atoms with Crippen LogP contribution in [0.5, 0.6) is 0 Å². The summed E-state index contributed by atoms with van der Waals surface area (Å²) in [6, 6.07) is 46.5. The lowest BCUT2D eigenvalue weighted by Crippen LogP contribution is -1.92. The fraction of sp³-hybridized carbons (Fsp3) is 0. The number of benzene rings is 6. The predicted molar refractivity (Wildman–Crippen MR) is 169 cm³/mol. The summed E-state index contributed by atoms with van der Waals surface area (Å²) in [4.78, 5) is 0. The quantitative estimate of drug-likeness (QED) is 0.199. The highest BCUT2D eigenvalue weighted by Crippen LogP contribution is 2.41. The molecule has 2 nitrogen and oxygen atoms in total. The first-order chi connectivity index (χ1) is 19.3. The highest BCUT2D eigenvalue weighted by molar-refractivity contribution is 9.10. The molecule has 0 saturated heterocycles. The summed E-state index contributed by atoms with van der Waals surface area (Å²) in [5.74, 6) is 0. The number of fused-ring (bicyclic) bond motifs is 9. The van der Waals surface area contributed by atoms with E-state index in [0.29, 0.717) is 0 Å². The molecule has 0 unspecified atom stereocenters. The summed E-state index contributed by atoms with van der Waals surface area (Å²) in [6.07, 6.45) is 0. The largest absolute Gasteiger partial charge is 0.309 e. The maximum atomic E-state index is 3.69. The number of nitrogens with zero attached hydrogens (tertiary/aromatic N) is 2. The summed E-state index contributed by atoms with van der Waals surface area (Å²) >= 11 is 3.69. The average molecular weight is 561 g/mol. The van der Waals surface area contributed by atoms with Gasteiger partial charge in [0.1, 0.15) is 0 Å². The van der Waals surface area contributed by atoms with Gasteiger partial charge in [0.25, 0.3) is 0 Å². The van der Waals surface area contributed by atoms with Crippen molar-refractivity contribution in [2.75, 3.05) is 0 Å². The zero-order valence-corrected chi connectivity index (χ0v) is 22.5. The van der Waals surface area contributed by atoms with Gasteiger partial charge in [-0.25, -0.2) is 0 Å². The van der Waals surface area contributed by atoms with Gasteiger partial charge in [-0.3, -0.25) is 0 Å². The Hall–Kier alpha value is -4.60. The van der Waals surface area contributed by atoms with Gasteiger partial charge >= 0.3 is 0 Å². The molecule has 0 spiro atoms. The lowest BCUT2D eigenvalue weighted by Gasteiger charge is -2.08. The van der Waals surface area contributed by atoms with Crippen molar-refractivity contribution in [3.05, 3.63) is 132 Å². The van der Waals surface area contributed by atoms with Crippen molar-refractivity contribution in [2.24, 2.45) is 0 Å². The van der Waals surface area contributed by atoms with Crippen LogP contribution < -0.4 is 0 Å². The normalized spacial score (nSPS) is 12.2. The Morgan fingerprint density at radius 1 is 0.410 bits per heavy atom. The van der Waals surface area contributed by atoms with Crippen LogP contribution in [-0.2, 0) is 0 Å². The first-order valence-electron chi connectivity index (χ1n) is 13.2. The summed E-state index contributed by atoms with van der Waals surface area (Å²) < 4.78 is 5.90. The second-order valence-corrected chi connectivity index (χ2v) is 11.3. The molecule has 0 amide bonds. The van der Waals surface area contributed by atoms with E-state index in [1.54, 1.807) is 0 Å². The summed E-state index contributed by atoms with van der Waals surface area (Å²) in [7, 11) is 0. The Morgan fingerprint density at radius 2 is 1.03 bits per heavy atom. The van der Waals surface area contributed by atoms with E-state index in [1.165, 1.54) is 76.7 Å². The molecule has 0 bridgehead atoms. The van der Waals surface area contributed by atoms with Crippen LogP contribution in [0, 0.1) is 0 Å². The van der Waals surface area contributed by atoms with Gasteiger partial charge in [-0.1, -0.05) is 88.7 Å². The molecule has 6 aromatic carbocycles. The van der Waals surface area contributed by atoms with Crippen molar-refractivity contribution in [1.82, 2.24) is 8.97 Å². The molecule has 0 radical (unpaired) electrons. The van der Waals surface area contributed by atoms with Crippen molar-refractivity contribution < 1.29 is 0 Å². The van der Waals surface area contributed by atoms with Gasteiger partial charge in [0.15, 0.2) is 0 Å². The molecule has 3 aromatic heterocycles. The van der Waals surface area contributed by atoms with Crippen molar-refractivity contribution in [1.29, 1.82) is 0 Å². The zero-order valence-electron chi connectivity index (χ0n) is 20.9. The fourth-order valence-corrected chi connectivity index (χ4v) is 6.99. The molecule has 0 aliphatic rings. The Morgan fingerprint density at radius 3 is 1.85 bits per heavy atom. The molecular weight excluding hydrogens is 540 g/mol. The highest BCUT2D eigenvalue weighted by atomic mass is 79.9. The average Bonchev–Trinajstić information content (AvgIpc) is 3.61. The van der Waals surface area contributed by atoms with Gasteiger partial charge < -0.3 is 8.97 Å². The lowest BCUT2D eigenvalue weighted by atomic mass is 10.00. The Kier molecular flexibility index (Phi) is 4.22. The molecule has 0 aliphatic heterocycles. The van der Waals surface area contributed by atoms with Crippen molar-refractivity contribution >= 4 is 75.8 Å². The van der Waals surface area contributed by atoms with Crippen LogP contribution in [0.25, 0.3) is 76.7 Å². The first-order valence-corrected chi connectivity index (χ1v) is 14.0. The first kappa shape index (κ1) is 21.3. The van der Waals surface area contributed by atoms with Crippen molar-refractivity contribution in [2.45, 2.75) is 0 Å². The molecule has 182 valence electrons. The topological polar surface area (TPSA) is 9.34 Å². The highest BCUT2D eigenvalue weighted by Gasteiger charge is 2.18. The molecule has 0 atom stereocenters. The van der Waals surface area contributed by atoms with Crippen molar-refractivity contribution in [3.8, 4) is 16.8 Å². The number of hydrogen-bond acceptors (Lipinski definition) is 0. The van der Waals surface area contributed by atoms with Crippen LogP contribution in [-0.4, -0.2) is 8.97 Å². The van der Waals surface area contributed by atoms with E-state index in [9.17, 15) is 0 Å². The van der Waals surface area contributed by atoms with E-state index in [1.807, 2.05) is 0 Å². The van der Waals surface area contributed by atoms with Crippen LogP contribution in [0.15, 0.2) is 132 Å². The van der Waals surface area contributed by atoms with Crippen LogP contribution in [0.1, 0.15) is 0 Å². The zero-order chi connectivity index (χ0) is 25.7. The molecule has 9 rings (SSSR count). The standard InChI is InChI=1S/C36H21BrN2/c37-24-15-16-27-28-10-6-11-29-31-20-23(14-18-34(31)39(36(28)29)35(27)21-24)22-13-17-33-30(19-22)26-9-4-5-12-32(26)38(33)25-7-2-1-3-8-25/h1-21H. The maximum absolute atomic E-state index is 3.69. The summed E-state index contributed by atoms with van der Waals surface area (Å²) in [5.41, 5.74) is 9.91. The third-order valence-corrected chi connectivity index (χ3v) is 8.79. The number of halogens is 1. The second-order valence-electron chi connectivity index (χ2n) is 10.4. The molecular formula is C36H21BrN2. The fourth-order valence-electron chi connectivity index (χ4n) is 6.64. The van der Waals surface area contributed by atoms with Crippen LogP contribution in [0.2, 0.25) is 0 Å². The number of para-hydroxylation sites is 3. The van der Waals surface area contributed by atoms with Crippen LogP contribution in [0.4, 0.5) is 0 Å². The van der Waals surface area contributed by atoms with E-state index in [4.69, 9.17) is 0 Å². The van der Waals surface area contributed by atoms with Crippen LogP contribution in [0.3, 0.4) is 0 Å². The smallest absolute Gasteiger partial charge is 0.0620 e. The maximum Gasteiger partial charge on any atom is 0.0620 e. The third-order valence-electron chi connectivity index (χ3n) is 8.30.